The van der Waals surface area contributed by atoms with Crippen molar-refractivity contribution in [3.63, 3.8) is 0 Å². The highest BCUT2D eigenvalue weighted by atomic mass is 35.5. The summed E-state index contributed by atoms with van der Waals surface area (Å²) in [6.45, 7) is 2.72. The Hall–Kier alpha value is -0.380. The highest BCUT2D eigenvalue weighted by molar-refractivity contribution is 7.16. The van der Waals surface area contributed by atoms with Crippen LogP contribution in [-0.2, 0) is 11.2 Å². The number of hydrogen-bond acceptors (Lipinski definition) is 3. The van der Waals surface area contributed by atoms with Crippen molar-refractivity contribution in [1.29, 1.82) is 0 Å². The molecule has 1 rings (SSSR count). The summed E-state index contributed by atoms with van der Waals surface area (Å²) < 4.78 is 0.744. The van der Waals surface area contributed by atoms with Crippen molar-refractivity contribution in [3.05, 3.63) is 21.3 Å². The molecule has 0 aliphatic rings. The molecule has 1 unspecified atom stereocenters. The zero-order chi connectivity index (χ0) is 11.3. The quantitative estimate of drug-likeness (QED) is 0.838. The van der Waals surface area contributed by atoms with E-state index >= 15 is 0 Å². The number of Topliss-reactive ketones (excluding diaryl/α,β-unsaturated/α-hetero) is 1. The monoisotopic (exact) mass is 245 g/mol. The van der Waals surface area contributed by atoms with E-state index in [2.05, 4.69) is 6.92 Å². The maximum atomic E-state index is 11.6. The van der Waals surface area contributed by atoms with E-state index < -0.39 is 0 Å². The van der Waals surface area contributed by atoms with E-state index in [4.69, 9.17) is 17.3 Å². The lowest BCUT2D eigenvalue weighted by atomic mass is 10.0. The van der Waals surface area contributed by atoms with Crippen LogP contribution in [0.5, 0.6) is 0 Å². The molecule has 84 valence electrons. The van der Waals surface area contributed by atoms with Crippen molar-refractivity contribution in [2.75, 3.05) is 6.54 Å². The minimum Gasteiger partial charge on any atom is -0.330 e. The van der Waals surface area contributed by atoms with E-state index in [1.54, 1.807) is 0 Å². The fourth-order valence-electron chi connectivity index (χ4n) is 1.25. The normalized spacial score (nSPS) is 12.7. The van der Waals surface area contributed by atoms with Crippen LogP contribution >= 0.6 is 22.9 Å². The van der Waals surface area contributed by atoms with Gasteiger partial charge in [0, 0.05) is 17.7 Å². The van der Waals surface area contributed by atoms with Crippen LogP contribution in [0.3, 0.4) is 0 Å². The number of carbonyl (C=O) groups excluding carboxylic acids is 1. The molecule has 0 spiro atoms. The molecule has 0 fully saturated rings. The average molecular weight is 246 g/mol. The van der Waals surface area contributed by atoms with E-state index in [9.17, 15) is 4.79 Å². The van der Waals surface area contributed by atoms with Gasteiger partial charge in [-0.1, -0.05) is 18.5 Å². The topological polar surface area (TPSA) is 43.1 Å². The molecule has 2 N–H and O–H groups in total. The van der Waals surface area contributed by atoms with E-state index in [1.807, 2.05) is 12.1 Å². The second-order valence-electron chi connectivity index (χ2n) is 3.80. The first-order chi connectivity index (χ1) is 7.11. The summed E-state index contributed by atoms with van der Waals surface area (Å²) in [7, 11) is 0. The SMILES string of the molecule is CC(CN)CCC(=O)Cc1ccc(Cl)s1. The molecule has 0 saturated carbocycles. The third kappa shape index (κ3) is 4.78. The Bertz CT molecular complexity index is 324. The average Bonchev–Trinajstić information content (AvgIpc) is 2.60. The van der Waals surface area contributed by atoms with Crippen molar-refractivity contribution < 1.29 is 4.79 Å². The molecule has 0 bridgehead atoms. The molecule has 1 atom stereocenters. The highest BCUT2D eigenvalue weighted by Crippen LogP contribution is 2.22. The van der Waals surface area contributed by atoms with Gasteiger partial charge < -0.3 is 5.73 Å². The number of hydrogen-bond donors (Lipinski definition) is 1. The van der Waals surface area contributed by atoms with Crippen LogP contribution in [0, 0.1) is 5.92 Å². The maximum Gasteiger partial charge on any atom is 0.138 e. The van der Waals surface area contributed by atoms with Gasteiger partial charge >= 0.3 is 0 Å². The summed E-state index contributed by atoms with van der Waals surface area (Å²) in [5.41, 5.74) is 5.49. The molecule has 0 amide bonds. The Balaban J connectivity index is 2.30. The number of ketones is 1. The van der Waals surface area contributed by atoms with Gasteiger partial charge in [0.25, 0.3) is 0 Å². The van der Waals surface area contributed by atoms with Gasteiger partial charge in [-0.25, -0.2) is 0 Å². The Morgan fingerprint density at radius 1 is 1.60 bits per heavy atom. The molecular formula is C11H16ClNOS. The van der Waals surface area contributed by atoms with Crippen LogP contribution in [0.25, 0.3) is 0 Å². The summed E-state index contributed by atoms with van der Waals surface area (Å²) in [4.78, 5) is 12.6. The highest BCUT2D eigenvalue weighted by Gasteiger charge is 2.08. The second-order valence-corrected chi connectivity index (χ2v) is 5.60. The molecule has 0 aromatic carbocycles. The van der Waals surface area contributed by atoms with Gasteiger partial charge in [-0.3, -0.25) is 4.79 Å². The lowest BCUT2D eigenvalue weighted by Gasteiger charge is -2.06. The summed E-state index contributed by atoms with van der Waals surface area (Å²) in [5.74, 6) is 0.703. The molecule has 0 aliphatic carbocycles. The summed E-state index contributed by atoms with van der Waals surface area (Å²) in [6, 6.07) is 3.74. The maximum absolute atomic E-state index is 11.6. The van der Waals surface area contributed by atoms with Gasteiger partial charge in [0.1, 0.15) is 5.78 Å². The predicted octanol–water partition coefficient (Wildman–Crippen LogP) is 2.89. The van der Waals surface area contributed by atoms with Gasteiger partial charge in [-0.15, -0.1) is 11.3 Å². The number of halogens is 1. The molecule has 0 aliphatic heterocycles. The van der Waals surface area contributed by atoms with Crippen LogP contribution < -0.4 is 5.73 Å². The fourth-order valence-corrected chi connectivity index (χ4v) is 2.37. The Morgan fingerprint density at radius 3 is 2.87 bits per heavy atom. The molecular weight excluding hydrogens is 230 g/mol. The minimum absolute atomic E-state index is 0.272. The third-order valence-corrected chi connectivity index (χ3v) is 3.55. The van der Waals surface area contributed by atoms with Crippen LogP contribution in [0.2, 0.25) is 4.34 Å². The smallest absolute Gasteiger partial charge is 0.138 e. The van der Waals surface area contributed by atoms with Crippen LogP contribution in [0.1, 0.15) is 24.6 Å². The van der Waals surface area contributed by atoms with Gasteiger partial charge in [0.05, 0.1) is 4.34 Å². The zero-order valence-electron chi connectivity index (χ0n) is 8.83. The second kappa shape index (κ2) is 6.26. The van der Waals surface area contributed by atoms with Gasteiger partial charge in [-0.2, -0.15) is 0 Å². The number of carbonyl (C=O) groups is 1. The molecule has 0 radical (unpaired) electrons. The molecule has 1 aromatic heterocycles. The van der Waals surface area contributed by atoms with Crippen molar-refractivity contribution >= 4 is 28.7 Å². The van der Waals surface area contributed by atoms with Crippen molar-refractivity contribution in [3.8, 4) is 0 Å². The van der Waals surface area contributed by atoms with Crippen molar-refractivity contribution in [1.82, 2.24) is 0 Å². The van der Waals surface area contributed by atoms with E-state index in [-0.39, 0.29) is 5.78 Å². The molecule has 15 heavy (non-hydrogen) atoms. The molecule has 2 nitrogen and oxygen atoms in total. The molecule has 4 heteroatoms. The first-order valence-electron chi connectivity index (χ1n) is 5.07. The van der Waals surface area contributed by atoms with Crippen LogP contribution in [0.15, 0.2) is 12.1 Å². The summed E-state index contributed by atoms with van der Waals surface area (Å²) >= 11 is 7.26. The Labute approximate surface area is 99.4 Å². The Morgan fingerprint density at radius 2 is 2.33 bits per heavy atom. The van der Waals surface area contributed by atoms with Gasteiger partial charge in [0.2, 0.25) is 0 Å². The van der Waals surface area contributed by atoms with Gasteiger partial charge in [-0.05, 0) is 31.0 Å². The minimum atomic E-state index is 0.272. The third-order valence-electron chi connectivity index (χ3n) is 2.32. The summed E-state index contributed by atoms with van der Waals surface area (Å²) in [5, 5.41) is 0. The van der Waals surface area contributed by atoms with Crippen LogP contribution in [-0.4, -0.2) is 12.3 Å². The van der Waals surface area contributed by atoms with Crippen LogP contribution in [0.4, 0.5) is 0 Å². The first kappa shape index (κ1) is 12.7. The van der Waals surface area contributed by atoms with Gasteiger partial charge in [0.15, 0.2) is 0 Å². The molecule has 0 saturated heterocycles. The number of rotatable bonds is 6. The standard InChI is InChI=1S/C11H16ClNOS/c1-8(7-13)2-3-9(14)6-10-4-5-11(12)15-10/h4-5,8H,2-3,6-7,13H2,1H3. The largest absolute Gasteiger partial charge is 0.330 e. The lowest BCUT2D eigenvalue weighted by Crippen LogP contribution is -2.12. The van der Waals surface area contributed by atoms with E-state index in [0.717, 1.165) is 15.6 Å². The lowest BCUT2D eigenvalue weighted by molar-refractivity contribution is -0.118. The van der Waals surface area contributed by atoms with Crippen molar-refractivity contribution in [2.24, 2.45) is 11.7 Å². The zero-order valence-corrected chi connectivity index (χ0v) is 10.4. The Kier molecular flexibility index (Phi) is 5.29. The summed E-state index contributed by atoms with van der Waals surface area (Å²) in [6.07, 6.45) is 2.01. The van der Waals surface area contributed by atoms with E-state index in [1.165, 1.54) is 11.3 Å². The van der Waals surface area contributed by atoms with Crippen molar-refractivity contribution in [2.45, 2.75) is 26.2 Å². The number of nitrogens with two attached hydrogens (primary N) is 1. The van der Waals surface area contributed by atoms with E-state index in [0.29, 0.717) is 25.3 Å². The number of thiophene rings is 1. The fraction of sp³-hybridized carbons (Fsp3) is 0.545. The predicted molar refractivity (Wildman–Crippen MR) is 65.5 cm³/mol. The molecule has 1 heterocycles. The molecule has 1 aromatic rings. The first-order valence-corrected chi connectivity index (χ1v) is 6.27.